The first-order valence-corrected chi connectivity index (χ1v) is 11.7. The fourth-order valence-corrected chi connectivity index (χ4v) is 4.11. The number of aliphatic hydroxyl groups is 2. The lowest BCUT2D eigenvalue weighted by Gasteiger charge is -2.12. The topological polar surface area (TPSA) is 108 Å². The Morgan fingerprint density at radius 3 is 2.47 bits per heavy atom. The Hall–Kier alpha value is -3.88. The van der Waals surface area contributed by atoms with Gasteiger partial charge in [0, 0.05) is 22.9 Å². The van der Waals surface area contributed by atoms with Crippen LogP contribution in [0.1, 0.15) is 43.9 Å². The van der Waals surface area contributed by atoms with E-state index in [0.29, 0.717) is 17.1 Å². The Morgan fingerprint density at radius 1 is 1.06 bits per heavy atom. The molecule has 4 rings (SSSR count). The number of nitrogens with zero attached hydrogens (tertiary/aromatic N) is 3. The average Bonchev–Trinajstić information content (AvgIpc) is 3.22. The van der Waals surface area contributed by atoms with Gasteiger partial charge in [0.25, 0.3) is 0 Å². The summed E-state index contributed by atoms with van der Waals surface area (Å²) in [6, 6.07) is 17.7. The van der Waals surface area contributed by atoms with Gasteiger partial charge in [-0.15, -0.1) is 0 Å². The van der Waals surface area contributed by atoms with E-state index in [0.717, 1.165) is 22.2 Å². The molecule has 2 heterocycles. The molecule has 2 unspecified atom stereocenters. The molecule has 7 nitrogen and oxygen atoms in total. The molecule has 0 fully saturated rings. The Morgan fingerprint density at radius 2 is 1.78 bits per heavy atom. The third-order valence-electron chi connectivity index (χ3n) is 5.82. The number of aliphatic carboxylic acids is 1. The maximum absolute atomic E-state index is 13.8. The van der Waals surface area contributed by atoms with Crippen LogP contribution in [0, 0.1) is 5.82 Å². The van der Waals surface area contributed by atoms with Gasteiger partial charge in [0.2, 0.25) is 0 Å². The van der Waals surface area contributed by atoms with E-state index < -0.39 is 24.6 Å². The second-order valence-corrected chi connectivity index (χ2v) is 9.00. The molecule has 0 aliphatic rings. The van der Waals surface area contributed by atoms with E-state index in [9.17, 15) is 19.4 Å². The molecule has 2 aromatic heterocycles. The fraction of sp³-hybridized carbons (Fsp3) is 0.250. The number of hydrogen-bond acceptors (Lipinski definition) is 5. The Balaban J connectivity index is 1.84. The molecule has 0 bridgehead atoms. The third-order valence-corrected chi connectivity index (χ3v) is 5.82. The van der Waals surface area contributed by atoms with E-state index >= 15 is 0 Å². The molecule has 0 amide bonds. The van der Waals surface area contributed by atoms with Gasteiger partial charge in [-0.2, -0.15) is 5.10 Å². The normalized spacial score (nSPS) is 13.5. The van der Waals surface area contributed by atoms with Crippen LogP contribution in [0.3, 0.4) is 0 Å². The average molecular weight is 490 g/mol. The summed E-state index contributed by atoms with van der Waals surface area (Å²) in [5.41, 5.74) is 3.67. The first-order chi connectivity index (χ1) is 17.2. The zero-order valence-corrected chi connectivity index (χ0v) is 20.0. The van der Waals surface area contributed by atoms with E-state index in [1.54, 1.807) is 22.9 Å². The largest absolute Gasteiger partial charge is 0.481 e. The summed E-state index contributed by atoms with van der Waals surface area (Å²) in [6.07, 6.45) is 0.423. The molecule has 2 atom stereocenters. The highest BCUT2D eigenvalue weighted by Gasteiger charge is 2.22. The van der Waals surface area contributed by atoms with Crippen molar-refractivity contribution in [1.82, 2.24) is 14.8 Å². The maximum Gasteiger partial charge on any atom is 0.305 e. The minimum atomic E-state index is -1.17. The molecule has 0 radical (unpaired) electrons. The Labute approximate surface area is 208 Å². The molecule has 3 N–H and O–H groups in total. The van der Waals surface area contributed by atoms with Crippen LogP contribution in [0.2, 0.25) is 0 Å². The van der Waals surface area contributed by atoms with Gasteiger partial charge in [0.1, 0.15) is 5.82 Å². The number of pyridine rings is 1. The summed E-state index contributed by atoms with van der Waals surface area (Å²) >= 11 is 0. The highest BCUT2D eigenvalue weighted by atomic mass is 19.1. The summed E-state index contributed by atoms with van der Waals surface area (Å²) in [5.74, 6) is -0.895. The van der Waals surface area contributed by atoms with Crippen LogP contribution < -0.4 is 0 Å². The Bertz CT molecular complexity index is 1400. The van der Waals surface area contributed by atoms with E-state index in [1.807, 2.05) is 50.2 Å². The van der Waals surface area contributed by atoms with Crippen molar-refractivity contribution in [2.45, 2.75) is 44.8 Å². The van der Waals surface area contributed by atoms with Crippen LogP contribution >= 0.6 is 0 Å². The number of rotatable bonds is 9. The van der Waals surface area contributed by atoms with E-state index in [4.69, 9.17) is 15.2 Å². The van der Waals surface area contributed by atoms with Crippen LogP contribution in [0.5, 0.6) is 0 Å². The molecule has 2 aromatic carbocycles. The van der Waals surface area contributed by atoms with Crippen molar-refractivity contribution in [2.75, 3.05) is 0 Å². The molecule has 0 aliphatic carbocycles. The summed E-state index contributed by atoms with van der Waals surface area (Å²) in [5, 5.41) is 35.0. The number of para-hydroxylation sites is 1. The van der Waals surface area contributed by atoms with Crippen molar-refractivity contribution < 1.29 is 24.5 Å². The number of carbonyl (C=O) groups is 1. The van der Waals surface area contributed by atoms with Crippen LogP contribution in [0.4, 0.5) is 4.39 Å². The van der Waals surface area contributed by atoms with Crippen molar-refractivity contribution in [1.29, 1.82) is 0 Å². The van der Waals surface area contributed by atoms with Gasteiger partial charge in [-0.25, -0.2) is 14.1 Å². The van der Waals surface area contributed by atoms with Crippen LogP contribution in [0.25, 0.3) is 34.1 Å². The number of aliphatic hydroxyl groups excluding tert-OH is 2. The number of halogens is 1. The Kier molecular flexibility index (Phi) is 7.57. The molecule has 4 aromatic rings. The minimum Gasteiger partial charge on any atom is -0.481 e. The third kappa shape index (κ3) is 5.67. The number of hydrogen-bond donors (Lipinski definition) is 3. The summed E-state index contributed by atoms with van der Waals surface area (Å²) < 4.78 is 15.5. The van der Waals surface area contributed by atoms with Gasteiger partial charge in [-0.1, -0.05) is 44.2 Å². The quantitative estimate of drug-likeness (QED) is 0.307. The van der Waals surface area contributed by atoms with Gasteiger partial charge in [0.15, 0.2) is 5.82 Å². The molecule has 8 heteroatoms. The summed E-state index contributed by atoms with van der Waals surface area (Å²) in [6.45, 7) is 4.00. The van der Waals surface area contributed by atoms with Crippen molar-refractivity contribution in [3.63, 3.8) is 0 Å². The van der Waals surface area contributed by atoms with E-state index in [-0.39, 0.29) is 18.2 Å². The summed E-state index contributed by atoms with van der Waals surface area (Å²) in [7, 11) is 0. The second kappa shape index (κ2) is 10.8. The predicted octanol–water partition coefficient (Wildman–Crippen LogP) is 4.95. The molecule has 0 saturated carbocycles. The molecular weight excluding hydrogens is 461 g/mol. The number of carboxylic acid groups (broad SMARTS) is 1. The molecule has 0 aliphatic heterocycles. The lowest BCUT2D eigenvalue weighted by atomic mass is 9.98. The predicted molar refractivity (Wildman–Crippen MR) is 136 cm³/mol. The van der Waals surface area contributed by atoms with Crippen molar-refractivity contribution in [3.05, 3.63) is 83.8 Å². The van der Waals surface area contributed by atoms with Crippen molar-refractivity contribution in [2.24, 2.45) is 0 Å². The van der Waals surface area contributed by atoms with Gasteiger partial charge in [-0.05, 0) is 48.4 Å². The van der Waals surface area contributed by atoms with Gasteiger partial charge in [0.05, 0.1) is 35.5 Å². The monoisotopic (exact) mass is 489 g/mol. The van der Waals surface area contributed by atoms with Crippen molar-refractivity contribution >= 4 is 22.9 Å². The zero-order valence-electron chi connectivity index (χ0n) is 20.0. The minimum absolute atomic E-state index is 0.0142. The maximum atomic E-state index is 13.8. The molecule has 0 saturated heterocycles. The standard InChI is InChI=1S/C28H28FN3O4/c1-17(2)27-23(13-12-21(33)15-22(34)16-26(35)36)28(19-7-10-20(29)11-8-19)32(31-27)25-14-9-18-5-3-4-6-24(18)30-25/h3-14,17,21-22,33-34H,15-16H2,1-2H3,(H,35,36). The molecular formula is C28H28FN3O4. The first kappa shape index (κ1) is 25.2. The number of fused-ring (bicyclic) bond motifs is 1. The lowest BCUT2D eigenvalue weighted by Crippen LogP contribution is -2.19. The van der Waals surface area contributed by atoms with Gasteiger partial charge in [-0.3, -0.25) is 4.79 Å². The first-order valence-electron chi connectivity index (χ1n) is 11.7. The van der Waals surface area contributed by atoms with E-state index in [2.05, 4.69) is 0 Å². The zero-order chi connectivity index (χ0) is 25.8. The number of benzene rings is 2. The highest BCUT2D eigenvalue weighted by Crippen LogP contribution is 2.34. The number of carboxylic acids is 1. The van der Waals surface area contributed by atoms with Crippen molar-refractivity contribution in [3.8, 4) is 17.1 Å². The second-order valence-electron chi connectivity index (χ2n) is 9.00. The summed E-state index contributed by atoms with van der Waals surface area (Å²) in [4.78, 5) is 15.6. The van der Waals surface area contributed by atoms with Gasteiger partial charge >= 0.3 is 5.97 Å². The van der Waals surface area contributed by atoms with Gasteiger partial charge < -0.3 is 15.3 Å². The lowest BCUT2D eigenvalue weighted by molar-refractivity contribution is -0.139. The SMILES string of the molecule is CC(C)c1nn(-c2ccc3ccccc3n2)c(-c2ccc(F)cc2)c1C=CC(O)CC(O)CC(=O)O. The molecule has 36 heavy (non-hydrogen) atoms. The fourth-order valence-electron chi connectivity index (χ4n) is 4.11. The number of aromatic nitrogens is 3. The molecule has 186 valence electrons. The smallest absolute Gasteiger partial charge is 0.305 e. The van der Waals surface area contributed by atoms with Crippen LogP contribution in [-0.4, -0.2) is 48.3 Å². The highest BCUT2D eigenvalue weighted by molar-refractivity contribution is 5.80. The van der Waals surface area contributed by atoms with E-state index in [1.165, 1.54) is 18.2 Å². The van der Waals surface area contributed by atoms with Crippen LogP contribution in [0.15, 0.2) is 66.7 Å². The van der Waals surface area contributed by atoms with Crippen LogP contribution in [-0.2, 0) is 4.79 Å². The molecule has 0 spiro atoms.